The Hall–Kier alpha value is -3.60. The van der Waals surface area contributed by atoms with Gasteiger partial charge < -0.3 is 9.64 Å². The summed E-state index contributed by atoms with van der Waals surface area (Å²) in [6.45, 7) is 1.58. The fourth-order valence-corrected chi connectivity index (χ4v) is 4.57. The van der Waals surface area contributed by atoms with Crippen LogP contribution in [-0.2, 0) is 9.59 Å². The average molecular weight is 412 g/mol. The van der Waals surface area contributed by atoms with Crippen LogP contribution in [0, 0.1) is 0 Å². The van der Waals surface area contributed by atoms with Crippen molar-refractivity contribution in [1.29, 1.82) is 0 Å². The summed E-state index contributed by atoms with van der Waals surface area (Å²) in [6, 6.07) is 20.9. The molecule has 156 valence electrons. The molecule has 2 aliphatic heterocycles. The second-order valence-corrected chi connectivity index (χ2v) is 7.94. The van der Waals surface area contributed by atoms with E-state index in [4.69, 9.17) is 4.74 Å². The highest BCUT2D eigenvalue weighted by molar-refractivity contribution is 6.46. The highest BCUT2D eigenvalue weighted by Gasteiger charge is 2.43. The van der Waals surface area contributed by atoms with Gasteiger partial charge in [-0.15, -0.1) is 0 Å². The first-order valence-corrected chi connectivity index (χ1v) is 10.7. The smallest absolute Gasteiger partial charge is 0.282 e. The first-order valence-electron chi connectivity index (χ1n) is 10.7. The van der Waals surface area contributed by atoms with E-state index in [-0.39, 0.29) is 11.8 Å². The fourth-order valence-electron chi connectivity index (χ4n) is 4.57. The van der Waals surface area contributed by atoms with Gasteiger partial charge in [-0.1, -0.05) is 48.5 Å². The first kappa shape index (κ1) is 19.4. The molecule has 0 atom stereocenters. The molecule has 5 nitrogen and oxygen atoms in total. The van der Waals surface area contributed by atoms with Gasteiger partial charge >= 0.3 is 0 Å². The number of rotatable bonds is 4. The number of hydrogen-bond donors (Lipinski definition) is 0. The molecular weight excluding hydrogens is 388 g/mol. The molecule has 0 aliphatic carbocycles. The molecule has 2 amide bonds. The van der Waals surface area contributed by atoms with Crippen LogP contribution < -0.4 is 9.64 Å². The van der Waals surface area contributed by atoms with Gasteiger partial charge in [-0.3, -0.25) is 9.59 Å². The number of carbonyl (C=O) groups is 2. The number of nitrogens with zero attached hydrogens (tertiary/aromatic N) is 2. The topological polar surface area (TPSA) is 49.9 Å². The first-order chi connectivity index (χ1) is 15.2. The van der Waals surface area contributed by atoms with E-state index < -0.39 is 0 Å². The average Bonchev–Trinajstić information content (AvgIpc) is 3.09. The summed E-state index contributed by atoms with van der Waals surface area (Å²) >= 11 is 0. The van der Waals surface area contributed by atoms with Gasteiger partial charge in [0, 0.05) is 18.5 Å². The number of likely N-dealkylation sites (tertiary alicyclic amines) is 1. The van der Waals surface area contributed by atoms with Crippen LogP contribution in [0.4, 0.5) is 5.69 Å². The summed E-state index contributed by atoms with van der Waals surface area (Å²) in [7, 11) is 1.61. The Morgan fingerprint density at radius 3 is 2.23 bits per heavy atom. The van der Waals surface area contributed by atoms with Crippen LogP contribution in [0.15, 0.2) is 72.4 Å². The lowest BCUT2D eigenvalue weighted by atomic mass is 10.0. The Labute approximate surface area is 181 Å². The summed E-state index contributed by atoms with van der Waals surface area (Å²) < 4.78 is 5.27. The third-order valence-corrected chi connectivity index (χ3v) is 6.12. The van der Waals surface area contributed by atoms with Gasteiger partial charge in [0.2, 0.25) is 0 Å². The predicted molar refractivity (Wildman–Crippen MR) is 122 cm³/mol. The number of piperidine rings is 1. The number of carbonyl (C=O) groups excluding carboxylic acids is 2. The van der Waals surface area contributed by atoms with E-state index >= 15 is 0 Å². The molecule has 2 aliphatic rings. The molecule has 2 heterocycles. The summed E-state index contributed by atoms with van der Waals surface area (Å²) in [4.78, 5) is 30.9. The molecule has 5 rings (SSSR count). The largest absolute Gasteiger partial charge is 0.497 e. The van der Waals surface area contributed by atoms with E-state index in [2.05, 4.69) is 4.90 Å². The maximum absolute atomic E-state index is 13.8. The van der Waals surface area contributed by atoms with Crippen LogP contribution in [0.1, 0.15) is 24.8 Å². The minimum atomic E-state index is -0.271. The Morgan fingerprint density at radius 2 is 1.48 bits per heavy atom. The van der Waals surface area contributed by atoms with E-state index in [1.807, 2.05) is 66.7 Å². The van der Waals surface area contributed by atoms with E-state index in [9.17, 15) is 9.59 Å². The van der Waals surface area contributed by atoms with Crippen LogP contribution in [0.3, 0.4) is 0 Å². The number of fused-ring (bicyclic) bond motifs is 1. The molecule has 0 unspecified atom stereocenters. The Balaban J connectivity index is 1.65. The fraction of sp³-hybridized carbons (Fsp3) is 0.231. The lowest BCUT2D eigenvalue weighted by molar-refractivity contribution is -0.120. The number of hydrogen-bond acceptors (Lipinski definition) is 4. The minimum absolute atomic E-state index is 0.242. The number of methoxy groups -OCH3 is 1. The lowest BCUT2D eigenvalue weighted by Gasteiger charge is -2.29. The van der Waals surface area contributed by atoms with Gasteiger partial charge in [0.15, 0.2) is 0 Å². The maximum atomic E-state index is 13.8. The van der Waals surface area contributed by atoms with Gasteiger partial charge in [0.1, 0.15) is 11.4 Å². The third kappa shape index (κ3) is 3.26. The van der Waals surface area contributed by atoms with Crippen LogP contribution >= 0.6 is 0 Å². The van der Waals surface area contributed by atoms with E-state index in [1.165, 1.54) is 4.90 Å². The number of ether oxygens (including phenoxy) is 1. The van der Waals surface area contributed by atoms with Gasteiger partial charge in [-0.25, -0.2) is 4.90 Å². The van der Waals surface area contributed by atoms with Crippen LogP contribution in [0.5, 0.6) is 5.75 Å². The molecule has 0 bridgehead atoms. The van der Waals surface area contributed by atoms with Crippen molar-refractivity contribution in [2.45, 2.75) is 19.3 Å². The zero-order valence-corrected chi connectivity index (χ0v) is 17.5. The van der Waals surface area contributed by atoms with Crippen molar-refractivity contribution in [2.24, 2.45) is 0 Å². The molecule has 1 fully saturated rings. The number of amides is 2. The Kier molecular flexibility index (Phi) is 4.94. The van der Waals surface area contributed by atoms with Crippen molar-refractivity contribution < 1.29 is 14.3 Å². The highest BCUT2D eigenvalue weighted by atomic mass is 16.5. The maximum Gasteiger partial charge on any atom is 0.282 e. The van der Waals surface area contributed by atoms with Crippen LogP contribution in [0.25, 0.3) is 16.3 Å². The number of anilines is 1. The second kappa shape index (κ2) is 7.91. The molecule has 0 aromatic heterocycles. The van der Waals surface area contributed by atoms with E-state index in [1.54, 1.807) is 7.11 Å². The monoisotopic (exact) mass is 412 g/mol. The van der Waals surface area contributed by atoms with E-state index in [0.717, 1.165) is 48.7 Å². The molecule has 31 heavy (non-hydrogen) atoms. The van der Waals surface area contributed by atoms with Crippen molar-refractivity contribution in [2.75, 3.05) is 25.1 Å². The van der Waals surface area contributed by atoms with Gasteiger partial charge in [-0.2, -0.15) is 0 Å². The summed E-state index contributed by atoms with van der Waals surface area (Å²) in [5.41, 5.74) is 2.36. The highest BCUT2D eigenvalue weighted by Crippen LogP contribution is 2.38. The quantitative estimate of drug-likeness (QED) is 0.587. The molecule has 3 aromatic rings. The third-order valence-electron chi connectivity index (χ3n) is 6.12. The van der Waals surface area contributed by atoms with Crippen molar-refractivity contribution >= 4 is 33.8 Å². The van der Waals surface area contributed by atoms with Crippen molar-refractivity contribution in [3.63, 3.8) is 0 Å². The second-order valence-electron chi connectivity index (χ2n) is 7.94. The summed E-state index contributed by atoms with van der Waals surface area (Å²) in [5.74, 6) is 0.202. The van der Waals surface area contributed by atoms with Crippen LogP contribution in [0.2, 0.25) is 0 Å². The molecule has 5 heteroatoms. The Morgan fingerprint density at radius 1 is 0.774 bits per heavy atom. The summed E-state index contributed by atoms with van der Waals surface area (Å²) in [6.07, 6.45) is 3.20. The number of imide groups is 1. The zero-order chi connectivity index (χ0) is 21.4. The molecule has 0 saturated carbocycles. The van der Waals surface area contributed by atoms with E-state index in [0.29, 0.717) is 22.7 Å². The van der Waals surface area contributed by atoms with Gasteiger partial charge in [0.25, 0.3) is 11.8 Å². The molecule has 0 spiro atoms. The molecule has 0 radical (unpaired) electrons. The normalized spacial score (nSPS) is 17.1. The molecule has 3 aromatic carbocycles. The van der Waals surface area contributed by atoms with Crippen LogP contribution in [-0.4, -0.2) is 36.9 Å². The lowest BCUT2D eigenvalue weighted by Crippen LogP contribution is -2.37. The minimum Gasteiger partial charge on any atom is -0.497 e. The Bertz CT molecular complexity index is 1190. The van der Waals surface area contributed by atoms with Crippen molar-refractivity contribution in [1.82, 2.24) is 4.90 Å². The van der Waals surface area contributed by atoms with Gasteiger partial charge in [-0.05, 0) is 48.4 Å². The standard InChI is InChI=1S/C26H24N2O3/c1-31-20-14-12-19(13-15-20)23-24(27-16-5-2-6-17-27)26(30)28(25(23)29)22-11-7-9-18-8-3-4-10-21(18)22/h3-4,7-15H,2,5-6,16-17H2,1H3. The predicted octanol–water partition coefficient (Wildman–Crippen LogP) is 4.62. The van der Waals surface area contributed by atoms with Crippen molar-refractivity contribution in [3.05, 3.63) is 78.0 Å². The van der Waals surface area contributed by atoms with Gasteiger partial charge in [0.05, 0.1) is 18.4 Å². The SMILES string of the molecule is COc1ccc(C2=C(N3CCCCC3)C(=O)N(c3cccc4ccccc34)C2=O)cc1. The van der Waals surface area contributed by atoms with Crippen molar-refractivity contribution in [3.8, 4) is 5.75 Å². The molecular formula is C26H24N2O3. The molecule has 1 saturated heterocycles. The summed E-state index contributed by atoms with van der Waals surface area (Å²) in [5, 5.41) is 1.89. The number of benzene rings is 3. The zero-order valence-electron chi connectivity index (χ0n) is 17.5. The molecule has 0 N–H and O–H groups in total.